The maximum absolute atomic E-state index is 15.2. The molecule has 13 amide bonds. The number of aromatic hydroxyl groups is 1. The molecule has 126 heavy (non-hydrogen) atoms. The molecule has 4 aromatic rings. The van der Waals surface area contributed by atoms with Crippen molar-refractivity contribution in [2.75, 3.05) is 118 Å². The van der Waals surface area contributed by atoms with Gasteiger partial charge >= 0.3 is 25.8 Å². The van der Waals surface area contributed by atoms with Crippen LogP contribution in [0.3, 0.4) is 0 Å². The van der Waals surface area contributed by atoms with Gasteiger partial charge in [0.25, 0.3) is 0 Å². The minimum Gasteiger partial charge on any atom is -0.549 e. The Labute approximate surface area is 746 Å². The van der Waals surface area contributed by atoms with Gasteiger partial charge in [-0.05, 0) is 106 Å². The zero-order valence-corrected chi connectivity index (χ0v) is 74.2. The molecule has 0 unspecified atom stereocenters. The SMILES string of the molecule is CC(C)C[C@H](NC(=O)[C@@H](CCCCNC(=O)CCCCCNC(=O)CN1CCN(CC(=O)[O-])CCN(CC(=O)[O-])CCN(CC(=O)[O-])CC1)NC(=O)[C@H](Cc1ccc(O)cc1)NC(=O)[C@H](CO)NC(=O)[C@H](Cc1c[nH]c2ccccc12)NC(=O)[C@H](Cc1cnc[nH]1)NC(=O)[C@@H]1CCC(=O)N1)C(=O)N[C@@H](CCCNC(=N)N)C(=O)N1CCC[C@H]1C(=O)NCC(N)=O.[111In+3]. The number of phenols is 1. The summed E-state index contributed by atoms with van der Waals surface area (Å²) in [4.78, 5) is 234. The average Bonchev–Trinajstić information content (AvgIpc) is 1.70. The quantitative estimate of drug-likeness (QED) is 0.0111. The van der Waals surface area contributed by atoms with Crippen molar-refractivity contribution in [2.45, 2.75) is 177 Å². The van der Waals surface area contributed by atoms with Gasteiger partial charge in [-0.3, -0.25) is 87.3 Å². The molecular weight excluding hydrogens is 1740 g/mol. The van der Waals surface area contributed by atoms with Gasteiger partial charge in [0.2, 0.25) is 76.8 Å². The van der Waals surface area contributed by atoms with Crippen molar-refractivity contribution in [3.05, 3.63) is 84.1 Å². The average molecular weight is 1860 g/mol. The normalized spacial score (nSPS) is 17.1. The fourth-order valence-corrected chi connectivity index (χ4v) is 14.7. The van der Waals surface area contributed by atoms with Crippen LogP contribution in [0.25, 0.3) is 10.9 Å². The molecular formula is C81H118InN23O21. The number of nitrogens with zero attached hydrogens (tertiary/aromatic N) is 6. The third-order valence-electron chi connectivity index (χ3n) is 21.3. The van der Waals surface area contributed by atoms with Crippen LogP contribution in [-0.4, -0.2) is 348 Å². The van der Waals surface area contributed by atoms with Gasteiger partial charge in [0.05, 0.1) is 43.9 Å². The molecule has 3 fully saturated rings. The number of carboxylic acid groups (broad SMARTS) is 3. The predicted octanol–water partition coefficient (Wildman–Crippen LogP) is -9.76. The number of carboxylic acids is 3. The Hall–Kier alpha value is -11.5. The van der Waals surface area contributed by atoms with Crippen molar-refractivity contribution in [1.82, 2.24) is 103 Å². The van der Waals surface area contributed by atoms with E-state index < -0.39 is 164 Å². The number of benzene rings is 2. The van der Waals surface area contributed by atoms with Crippen LogP contribution in [0.1, 0.15) is 121 Å². The number of nitrogens with one attached hydrogen (secondary N) is 15. The number of aromatic amines is 2. The fourth-order valence-electron chi connectivity index (χ4n) is 14.7. The minimum atomic E-state index is -1.87. The molecule has 3 aliphatic rings. The zero-order valence-electron chi connectivity index (χ0n) is 70.9. The molecule has 0 radical (unpaired) electrons. The third kappa shape index (κ3) is 36.6. The van der Waals surface area contributed by atoms with Crippen LogP contribution >= 0.6 is 0 Å². The first kappa shape index (κ1) is 103. The smallest absolute Gasteiger partial charge is 0.549 e. The maximum Gasteiger partial charge on any atom is 3.00 e. The van der Waals surface area contributed by atoms with E-state index in [-0.39, 0.29) is 230 Å². The molecule has 2 aromatic heterocycles. The van der Waals surface area contributed by atoms with Crippen LogP contribution in [0.2, 0.25) is 0 Å². The Morgan fingerprint density at radius 2 is 1.06 bits per heavy atom. The number of aliphatic hydroxyl groups excluding tert-OH is 1. The number of hydrogen-bond donors (Lipinski definition) is 19. The molecule has 0 spiro atoms. The Bertz CT molecular complexity index is 4300. The second-order valence-corrected chi connectivity index (χ2v) is 31.7. The second kappa shape index (κ2) is 53.7. The number of aliphatic carboxylic acids is 3. The van der Waals surface area contributed by atoms with E-state index in [1.165, 1.54) is 46.6 Å². The van der Waals surface area contributed by atoms with Crippen LogP contribution in [0.4, 0.5) is 0 Å². The molecule has 21 N–H and O–H groups in total. The van der Waals surface area contributed by atoms with Crippen LogP contribution < -0.4 is 90.6 Å². The Kier molecular flexibility index (Phi) is 44.0. The fraction of sp³-hybridized carbons (Fsp3) is 0.580. The molecule has 686 valence electrons. The van der Waals surface area contributed by atoms with Crippen molar-refractivity contribution < 1.29 is 102 Å². The van der Waals surface area contributed by atoms with E-state index in [1.807, 2.05) is 0 Å². The first-order valence-corrected chi connectivity index (χ1v) is 42.0. The number of imidazole rings is 1. The van der Waals surface area contributed by atoms with Crippen molar-refractivity contribution >= 4 is 137 Å². The van der Waals surface area contributed by atoms with Gasteiger partial charge in [-0.1, -0.05) is 50.6 Å². The van der Waals surface area contributed by atoms with Gasteiger partial charge in [-0.15, -0.1) is 0 Å². The zero-order chi connectivity index (χ0) is 91.1. The van der Waals surface area contributed by atoms with E-state index in [2.05, 4.69) is 78.8 Å². The number of H-pyrrole nitrogens is 2. The number of unbranched alkanes of at least 4 members (excludes halogenated alkanes) is 3. The van der Waals surface area contributed by atoms with Crippen molar-refractivity contribution in [3.8, 4) is 5.75 Å². The van der Waals surface area contributed by atoms with Gasteiger partial charge < -0.3 is 130 Å². The number of nitrogens with two attached hydrogens (primary N) is 2. The van der Waals surface area contributed by atoms with Crippen molar-refractivity contribution in [2.24, 2.45) is 17.4 Å². The molecule has 0 bridgehead atoms. The molecule has 3 saturated heterocycles. The number of amides is 13. The van der Waals surface area contributed by atoms with Gasteiger partial charge in [0, 0.05) is 159 Å². The predicted molar refractivity (Wildman–Crippen MR) is 448 cm³/mol. The number of hydrogen-bond acceptors (Lipinski definition) is 27. The number of likely N-dealkylation sites (tertiary alicyclic amines) is 1. The van der Waals surface area contributed by atoms with Crippen LogP contribution in [0, 0.1) is 11.3 Å². The third-order valence-corrected chi connectivity index (χ3v) is 21.3. The summed E-state index contributed by atoms with van der Waals surface area (Å²) in [5.74, 6) is -14.7. The summed E-state index contributed by atoms with van der Waals surface area (Å²) in [7, 11) is 0. The van der Waals surface area contributed by atoms with E-state index in [4.69, 9.17) is 16.9 Å². The number of carbonyl (C=O) groups excluding carboxylic acids is 16. The van der Waals surface area contributed by atoms with Crippen LogP contribution in [-0.2, 0) is 96.0 Å². The van der Waals surface area contributed by atoms with Crippen molar-refractivity contribution in [1.29, 1.82) is 5.41 Å². The van der Waals surface area contributed by atoms with Gasteiger partial charge in [0.15, 0.2) is 5.96 Å². The summed E-state index contributed by atoms with van der Waals surface area (Å²) in [5.41, 5.74) is 12.8. The number of carbonyl (C=O) groups is 16. The molecule has 0 aliphatic carbocycles. The minimum absolute atomic E-state index is 0. The number of para-hydroxylation sites is 1. The number of guanidine groups is 1. The summed E-state index contributed by atoms with van der Waals surface area (Å²) in [6.45, 7) is 2.05. The van der Waals surface area contributed by atoms with E-state index in [0.717, 1.165) is 0 Å². The van der Waals surface area contributed by atoms with Crippen molar-refractivity contribution in [3.63, 3.8) is 0 Å². The standard InChI is InChI=1S/C81H121N23O21.In/c1-49(2)36-59(74(119)94-58(15-10-26-88-81(83)84)80(125)104-27-11-16-64(104)79(124)90-42-65(82)107)95-72(117)56(14-7-9-25-86-66(108)17-4-3-8-24-87-68(110)43-100-28-30-101(44-69(111)112)32-34-103(46-71(115)116)35-33-102(31-29-100)45-70(113)114)93-75(120)60(37-50-18-20-53(106)21-19-50)96-78(123)63(47-105)99-76(121)61(38-51-40-89-55-13-6-5-12-54(51)55)97-77(122)62(39-52-41-85-48-91-52)98-73(118)57-22-23-67(109)92-57;/h5-6,12-13,18-21,40-41,48-49,56-64,89,105-106H,3-4,7-11,14-17,22-39,42-47H2,1-2H3,(H2,82,107)(H,85,91)(H,86,108)(H,87,110)(H,90,124)(H,92,109)(H,93,120)(H,94,119)(H,95,117)(H,96,123)(H,97,122)(H,98,118)(H,99,121)(H,111,112)(H,113,114)(H,115,116)(H4,83,84,88);/q;+3/p-3/t56-,57+,58+,59+,60+,61+,62+,63+,64+;/m1./s1/i;1-4. The van der Waals surface area contributed by atoms with Crippen LogP contribution in [0.5, 0.6) is 5.75 Å². The number of phenolic OH excluding ortho intramolecular Hbond substituents is 1. The molecule has 7 rings (SSSR count). The summed E-state index contributed by atoms with van der Waals surface area (Å²) in [6.07, 6.45) is 6.02. The summed E-state index contributed by atoms with van der Waals surface area (Å²) in [6, 6.07) is -0.237. The Morgan fingerprint density at radius 1 is 0.548 bits per heavy atom. The molecule has 45 heteroatoms. The molecule has 2 aromatic carbocycles. The molecule has 9 atom stereocenters. The summed E-state index contributed by atoms with van der Waals surface area (Å²) in [5, 5.41) is 96.5. The van der Waals surface area contributed by atoms with Crippen LogP contribution in [0.15, 0.2) is 67.3 Å². The van der Waals surface area contributed by atoms with E-state index in [0.29, 0.717) is 53.4 Å². The van der Waals surface area contributed by atoms with E-state index in [9.17, 15) is 92.7 Å². The maximum atomic E-state index is 15.2. The van der Waals surface area contributed by atoms with Gasteiger partial charge in [-0.25, -0.2) is 4.98 Å². The van der Waals surface area contributed by atoms with E-state index >= 15 is 9.59 Å². The molecule has 0 saturated carbocycles. The van der Waals surface area contributed by atoms with E-state index in [1.54, 1.807) is 59.0 Å². The molecule has 3 aliphatic heterocycles. The number of primary amides is 1. The number of aliphatic hydroxyl groups is 1. The first-order valence-electron chi connectivity index (χ1n) is 42.0. The first-order chi connectivity index (χ1) is 59.7. The monoisotopic (exact) mass is 1860 g/mol. The molecule has 44 nitrogen and oxygen atoms in total. The molecule has 5 heterocycles. The largest absolute Gasteiger partial charge is 3.00 e. The van der Waals surface area contributed by atoms with Gasteiger partial charge in [0.1, 0.15) is 60.1 Å². The number of aromatic nitrogens is 3. The number of fused-ring (bicyclic) bond motifs is 1. The Morgan fingerprint density at radius 3 is 1.63 bits per heavy atom. The Balaban J connectivity index is 0.0000245. The second-order valence-electron chi connectivity index (χ2n) is 31.7. The number of rotatable bonds is 50. The summed E-state index contributed by atoms with van der Waals surface area (Å²) >= 11 is 0. The summed E-state index contributed by atoms with van der Waals surface area (Å²) < 4.78 is 0. The topological polar surface area (TPSA) is 664 Å². The van der Waals surface area contributed by atoms with Gasteiger partial charge in [-0.2, -0.15) is 0 Å².